The Morgan fingerprint density at radius 1 is 1.21 bits per heavy atom. The highest BCUT2D eigenvalue weighted by Gasteiger charge is 2.12. The number of H-pyrrole nitrogens is 1. The summed E-state index contributed by atoms with van der Waals surface area (Å²) < 4.78 is 0. The van der Waals surface area contributed by atoms with Crippen molar-refractivity contribution in [2.75, 3.05) is 26.2 Å². The van der Waals surface area contributed by atoms with Gasteiger partial charge in [-0.2, -0.15) is 0 Å². The summed E-state index contributed by atoms with van der Waals surface area (Å²) in [6.45, 7) is 5.12. The topological polar surface area (TPSA) is 44.0 Å². The zero-order valence-corrected chi connectivity index (χ0v) is 11.5. The van der Waals surface area contributed by atoms with Gasteiger partial charge in [-0.25, -0.2) is 4.98 Å². The molecule has 0 unspecified atom stereocenters. The van der Waals surface area contributed by atoms with E-state index in [1.54, 1.807) is 0 Å². The molecular weight excluding hydrogens is 260 g/mol. The van der Waals surface area contributed by atoms with Crippen molar-refractivity contribution in [1.82, 2.24) is 20.2 Å². The first-order chi connectivity index (χ1) is 9.33. The highest BCUT2D eigenvalue weighted by molar-refractivity contribution is 6.33. The Morgan fingerprint density at radius 3 is 2.79 bits per heavy atom. The molecule has 2 aromatic rings. The van der Waals surface area contributed by atoms with Crippen molar-refractivity contribution < 1.29 is 0 Å². The summed E-state index contributed by atoms with van der Waals surface area (Å²) in [6, 6.07) is 7.82. The average molecular weight is 277 g/mol. The molecule has 19 heavy (non-hydrogen) atoms. The van der Waals surface area contributed by atoms with Gasteiger partial charge in [-0.05, 0) is 6.07 Å². The molecule has 0 amide bonds. The fourth-order valence-corrected chi connectivity index (χ4v) is 2.58. The van der Waals surface area contributed by atoms with Crippen LogP contribution >= 0.6 is 11.6 Å². The maximum absolute atomic E-state index is 6.19. The average Bonchev–Trinajstić information content (AvgIpc) is 2.89. The summed E-state index contributed by atoms with van der Waals surface area (Å²) in [4.78, 5) is 10.2. The van der Waals surface area contributed by atoms with Gasteiger partial charge in [-0.1, -0.05) is 29.8 Å². The maximum atomic E-state index is 6.19. The second kappa shape index (κ2) is 5.74. The Kier molecular flexibility index (Phi) is 3.82. The number of nitrogens with one attached hydrogen (secondary N) is 2. The van der Waals surface area contributed by atoms with Gasteiger partial charge in [0.05, 0.1) is 18.4 Å². The van der Waals surface area contributed by atoms with E-state index in [1.807, 2.05) is 30.5 Å². The van der Waals surface area contributed by atoms with Crippen molar-refractivity contribution in [3.05, 3.63) is 41.3 Å². The fraction of sp³-hybridized carbons (Fsp3) is 0.357. The first-order valence-electron chi connectivity index (χ1n) is 6.55. The van der Waals surface area contributed by atoms with Gasteiger partial charge >= 0.3 is 0 Å². The van der Waals surface area contributed by atoms with Crippen molar-refractivity contribution in [3.8, 4) is 11.3 Å². The lowest BCUT2D eigenvalue weighted by molar-refractivity contribution is 0.228. The summed E-state index contributed by atoms with van der Waals surface area (Å²) in [7, 11) is 0. The Morgan fingerprint density at radius 2 is 2.00 bits per heavy atom. The minimum atomic E-state index is 0.750. The smallest absolute Gasteiger partial charge is 0.120 e. The van der Waals surface area contributed by atoms with Crippen LogP contribution in [0.4, 0.5) is 0 Å². The third kappa shape index (κ3) is 2.97. The van der Waals surface area contributed by atoms with Crippen molar-refractivity contribution in [3.63, 3.8) is 0 Å². The van der Waals surface area contributed by atoms with Crippen LogP contribution < -0.4 is 5.32 Å². The number of nitrogens with zero attached hydrogens (tertiary/aromatic N) is 2. The maximum Gasteiger partial charge on any atom is 0.120 e. The highest BCUT2D eigenvalue weighted by Crippen LogP contribution is 2.25. The number of halogens is 1. The summed E-state index contributed by atoms with van der Waals surface area (Å²) in [5, 5.41) is 4.10. The molecule has 0 aliphatic carbocycles. The molecule has 0 spiro atoms. The molecule has 0 atom stereocenters. The molecule has 1 fully saturated rings. The van der Waals surface area contributed by atoms with E-state index in [2.05, 4.69) is 20.2 Å². The van der Waals surface area contributed by atoms with E-state index in [0.29, 0.717) is 0 Å². The van der Waals surface area contributed by atoms with E-state index in [4.69, 9.17) is 11.6 Å². The van der Waals surface area contributed by atoms with Crippen LogP contribution in [0.25, 0.3) is 11.3 Å². The van der Waals surface area contributed by atoms with Gasteiger partial charge in [0.2, 0.25) is 0 Å². The molecule has 0 bridgehead atoms. The summed E-state index contributed by atoms with van der Waals surface area (Å²) in [6.07, 6.45) is 1.86. The minimum absolute atomic E-state index is 0.750. The van der Waals surface area contributed by atoms with E-state index in [-0.39, 0.29) is 0 Å². The molecule has 2 heterocycles. The molecule has 0 saturated carbocycles. The van der Waals surface area contributed by atoms with Crippen molar-refractivity contribution in [2.24, 2.45) is 0 Å². The first-order valence-corrected chi connectivity index (χ1v) is 6.92. The van der Waals surface area contributed by atoms with Gasteiger partial charge in [0, 0.05) is 36.8 Å². The lowest BCUT2D eigenvalue weighted by Gasteiger charge is -2.26. The zero-order chi connectivity index (χ0) is 13.1. The van der Waals surface area contributed by atoms with Gasteiger partial charge in [0.25, 0.3) is 0 Å². The SMILES string of the molecule is Clc1ccccc1-c1cnc(CN2CCNCC2)[nH]1. The predicted molar refractivity (Wildman–Crippen MR) is 77.2 cm³/mol. The summed E-state index contributed by atoms with van der Waals surface area (Å²) >= 11 is 6.19. The molecule has 4 nitrogen and oxygen atoms in total. The Labute approximate surface area is 117 Å². The monoisotopic (exact) mass is 276 g/mol. The number of aromatic amines is 1. The molecule has 1 aromatic carbocycles. The van der Waals surface area contributed by atoms with E-state index < -0.39 is 0 Å². The van der Waals surface area contributed by atoms with E-state index in [9.17, 15) is 0 Å². The third-order valence-corrected chi connectivity index (χ3v) is 3.71. The van der Waals surface area contributed by atoms with Crippen LogP contribution in [0.1, 0.15) is 5.82 Å². The third-order valence-electron chi connectivity index (χ3n) is 3.38. The van der Waals surface area contributed by atoms with Gasteiger partial charge in [0.15, 0.2) is 0 Å². The molecular formula is C14H17ClN4. The van der Waals surface area contributed by atoms with Gasteiger partial charge in [-0.3, -0.25) is 4.90 Å². The van der Waals surface area contributed by atoms with Gasteiger partial charge < -0.3 is 10.3 Å². The number of benzene rings is 1. The molecule has 1 aromatic heterocycles. The Hall–Kier alpha value is -1.36. The van der Waals surface area contributed by atoms with Crippen LogP contribution in [0, 0.1) is 0 Å². The van der Waals surface area contributed by atoms with Crippen LogP contribution in [0.15, 0.2) is 30.5 Å². The Bertz CT molecular complexity index is 546. The Balaban J connectivity index is 1.74. The number of aromatic nitrogens is 2. The van der Waals surface area contributed by atoms with E-state index >= 15 is 0 Å². The van der Waals surface area contributed by atoms with Crippen LogP contribution in [0.3, 0.4) is 0 Å². The lowest BCUT2D eigenvalue weighted by atomic mass is 10.2. The van der Waals surface area contributed by atoms with Crippen molar-refractivity contribution in [1.29, 1.82) is 0 Å². The second-order valence-electron chi connectivity index (χ2n) is 4.75. The molecule has 0 radical (unpaired) electrons. The van der Waals surface area contributed by atoms with Crippen LogP contribution in [0.2, 0.25) is 5.02 Å². The van der Waals surface area contributed by atoms with E-state index in [1.165, 1.54) is 0 Å². The number of imidazole rings is 1. The molecule has 3 rings (SSSR count). The first kappa shape index (κ1) is 12.7. The second-order valence-corrected chi connectivity index (χ2v) is 5.16. The fourth-order valence-electron chi connectivity index (χ4n) is 2.34. The molecule has 5 heteroatoms. The standard InChI is InChI=1S/C14H17ClN4/c15-12-4-2-1-3-11(12)13-9-17-14(18-13)10-19-7-5-16-6-8-19/h1-4,9,16H,5-8,10H2,(H,17,18). The highest BCUT2D eigenvalue weighted by atomic mass is 35.5. The molecule has 1 saturated heterocycles. The predicted octanol–water partition coefficient (Wildman–Crippen LogP) is 2.14. The number of hydrogen-bond acceptors (Lipinski definition) is 3. The normalized spacial score (nSPS) is 16.7. The quantitative estimate of drug-likeness (QED) is 0.903. The van der Waals surface area contributed by atoms with Gasteiger partial charge in [0.1, 0.15) is 5.82 Å². The largest absolute Gasteiger partial charge is 0.341 e. The number of rotatable bonds is 3. The zero-order valence-electron chi connectivity index (χ0n) is 10.7. The van der Waals surface area contributed by atoms with Crippen molar-refractivity contribution >= 4 is 11.6 Å². The van der Waals surface area contributed by atoms with Gasteiger partial charge in [-0.15, -0.1) is 0 Å². The van der Waals surface area contributed by atoms with E-state index in [0.717, 1.165) is 54.8 Å². The summed E-state index contributed by atoms with van der Waals surface area (Å²) in [5.41, 5.74) is 1.99. The van der Waals surface area contributed by atoms with Crippen LogP contribution in [-0.4, -0.2) is 41.0 Å². The number of hydrogen-bond donors (Lipinski definition) is 2. The molecule has 1 aliphatic heterocycles. The molecule has 2 N–H and O–H groups in total. The minimum Gasteiger partial charge on any atom is -0.341 e. The molecule has 100 valence electrons. The van der Waals surface area contributed by atoms with Crippen LogP contribution in [-0.2, 0) is 6.54 Å². The van der Waals surface area contributed by atoms with Crippen molar-refractivity contribution in [2.45, 2.75) is 6.54 Å². The summed E-state index contributed by atoms with van der Waals surface area (Å²) in [5.74, 6) is 0.997. The molecule has 1 aliphatic rings. The number of piperazine rings is 1. The van der Waals surface area contributed by atoms with Crippen LogP contribution in [0.5, 0.6) is 0 Å². The lowest BCUT2D eigenvalue weighted by Crippen LogP contribution is -2.43.